The minimum Gasteiger partial charge on any atom is -0.376 e. The van der Waals surface area contributed by atoms with Gasteiger partial charge < -0.3 is 10.6 Å². The van der Waals surface area contributed by atoms with Gasteiger partial charge in [0.15, 0.2) is 0 Å². The topological polar surface area (TPSA) is 128 Å². The molecule has 1 saturated heterocycles. The summed E-state index contributed by atoms with van der Waals surface area (Å²) in [6.07, 6.45) is 0.935. The highest BCUT2D eigenvalue weighted by atomic mass is 32.2. The number of nitrogens with one attached hydrogen (secondary N) is 3. The Morgan fingerprint density at radius 3 is 2.63 bits per heavy atom. The van der Waals surface area contributed by atoms with Gasteiger partial charge in [0.25, 0.3) is 11.8 Å². The highest BCUT2D eigenvalue weighted by Gasteiger charge is 2.47. The number of benzene rings is 1. The summed E-state index contributed by atoms with van der Waals surface area (Å²) in [6.45, 7) is 5.53. The van der Waals surface area contributed by atoms with Crippen LogP contribution < -0.4 is 16.1 Å². The second-order valence-electron chi connectivity index (χ2n) is 7.57. The average Bonchev–Trinajstić information content (AvgIpc) is 2.95. The predicted molar refractivity (Wildman–Crippen MR) is 111 cm³/mol. The summed E-state index contributed by atoms with van der Waals surface area (Å²) in [7, 11) is -3.26. The van der Waals surface area contributed by atoms with Crippen LogP contribution >= 0.6 is 0 Å². The van der Waals surface area contributed by atoms with Gasteiger partial charge in [-0.1, -0.05) is 19.1 Å². The largest absolute Gasteiger partial charge is 0.376 e. The van der Waals surface area contributed by atoms with Crippen LogP contribution in [0.5, 0.6) is 0 Å². The van der Waals surface area contributed by atoms with Crippen molar-refractivity contribution in [3.63, 3.8) is 0 Å². The Bertz CT molecular complexity index is 980. The zero-order chi connectivity index (χ0) is 22.1. The highest BCUT2D eigenvalue weighted by Crippen LogP contribution is 2.27. The standard InChI is InChI=1S/C19H27N5O5S/c1-4-19(3)17(26)24(18(27)21-19)22-16(25)11-20-15-8-6-7-13-12-23(10-9-14(13)15)30(28,29)5-2/h6-8,20H,4-5,9-12H2,1-3H3,(H,21,27)(H,22,25). The zero-order valence-corrected chi connectivity index (χ0v) is 18.1. The van der Waals surface area contributed by atoms with Crippen molar-refractivity contribution in [2.45, 2.75) is 45.7 Å². The Hall–Kier alpha value is -2.66. The van der Waals surface area contributed by atoms with E-state index in [4.69, 9.17) is 0 Å². The third-order valence-corrected chi connectivity index (χ3v) is 7.46. The Morgan fingerprint density at radius 2 is 2.00 bits per heavy atom. The minimum absolute atomic E-state index is 0.0559. The monoisotopic (exact) mass is 437 g/mol. The molecule has 2 aliphatic rings. The molecule has 1 fully saturated rings. The van der Waals surface area contributed by atoms with Crippen LogP contribution in [-0.2, 0) is 32.6 Å². The number of hydrogen-bond donors (Lipinski definition) is 3. The van der Waals surface area contributed by atoms with Crippen molar-refractivity contribution in [3.05, 3.63) is 29.3 Å². The van der Waals surface area contributed by atoms with Crippen LogP contribution in [0.3, 0.4) is 0 Å². The number of amides is 4. The van der Waals surface area contributed by atoms with Gasteiger partial charge in [-0.3, -0.25) is 15.0 Å². The molecule has 2 heterocycles. The van der Waals surface area contributed by atoms with Crippen molar-refractivity contribution in [2.24, 2.45) is 0 Å². The molecular formula is C19H27N5O5S. The number of anilines is 1. The van der Waals surface area contributed by atoms with Gasteiger partial charge in [0, 0.05) is 18.8 Å². The molecule has 0 aromatic heterocycles. The molecule has 3 N–H and O–H groups in total. The number of carbonyl (C=O) groups is 3. The highest BCUT2D eigenvalue weighted by molar-refractivity contribution is 7.89. The van der Waals surface area contributed by atoms with Crippen molar-refractivity contribution in [1.82, 2.24) is 20.1 Å². The predicted octanol–water partition coefficient (Wildman–Crippen LogP) is 0.558. The molecule has 1 aromatic rings. The van der Waals surface area contributed by atoms with E-state index in [0.717, 1.165) is 16.8 Å². The number of hydrazine groups is 1. The second kappa shape index (κ2) is 8.23. The molecule has 30 heavy (non-hydrogen) atoms. The van der Waals surface area contributed by atoms with Gasteiger partial charge in [0.1, 0.15) is 5.54 Å². The minimum atomic E-state index is -3.26. The number of nitrogens with zero attached hydrogens (tertiary/aromatic N) is 2. The van der Waals surface area contributed by atoms with Crippen molar-refractivity contribution in [3.8, 4) is 0 Å². The lowest BCUT2D eigenvalue weighted by Gasteiger charge is -2.29. The third-order valence-electron chi connectivity index (χ3n) is 5.63. The van der Waals surface area contributed by atoms with Crippen molar-refractivity contribution in [1.29, 1.82) is 0 Å². The van der Waals surface area contributed by atoms with E-state index >= 15 is 0 Å². The summed E-state index contributed by atoms with van der Waals surface area (Å²) >= 11 is 0. The Balaban J connectivity index is 1.64. The molecule has 1 unspecified atom stereocenters. The Labute approximate surface area is 176 Å². The molecule has 1 atom stereocenters. The third kappa shape index (κ3) is 4.12. The normalized spacial score (nSPS) is 21.9. The smallest absolute Gasteiger partial charge is 0.344 e. The van der Waals surface area contributed by atoms with Crippen LogP contribution in [0.25, 0.3) is 0 Å². The summed E-state index contributed by atoms with van der Waals surface area (Å²) in [6, 6.07) is 4.83. The molecule has 0 radical (unpaired) electrons. The fourth-order valence-corrected chi connectivity index (χ4v) is 4.60. The number of fused-ring (bicyclic) bond motifs is 1. The molecule has 0 bridgehead atoms. The molecule has 10 nitrogen and oxygen atoms in total. The van der Waals surface area contributed by atoms with E-state index in [1.54, 1.807) is 26.8 Å². The maximum absolute atomic E-state index is 12.4. The molecule has 0 saturated carbocycles. The van der Waals surface area contributed by atoms with E-state index in [2.05, 4.69) is 16.1 Å². The van der Waals surface area contributed by atoms with Gasteiger partial charge in [0.05, 0.1) is 12.3 Å². The van der Waals surface area contributed by atoms with Crippen LogP contribution in [0.2, 0.25) is 0 Å². The molecule has 2 aliphatic heterocycles. The first-order valence-electron chi connectivity index (χ1n) is 9.90. The van der Waals surface area contributed by atoms with E-state index in [1.165, 1.54) is 4.31 Å². The van der Waals surface area contributed by atoms with Crippen LogP contribution in [0, 0.1) is 0 Å². The number of rotatable bonds is 7. The number of imide groups is 1. The summed E-state index contributed by atoms with van der Waals surface area (Å²) in [5.74, 6) is -0.986. The Morgan fingerprint density at radius 1 is 1.27 bits per heavy atom. The van der Waals surface area contributed by atoms with E-state index in [-0.39, 0.29) is 12.3 Å². The summed E-state index contributed by atoms with van der Waals surface area (Å²) in [4.78, 5) is 36.7. The number of carbonyl (C=O) groups excluding carboxylic acids is 3. The van der Waals surface area contributed by atoms with Crippen molar-refractivity contribution < 1.29 is 22.8 Å². The van der Waals surface area contributed by atoms with Crippen LogP contribution in [0.1, 0.15) is 38.3 Å². The molecule has 164 valence electrons. The molecule has 1 aromatic carbocycles. The summed E-state index contributed by atoms with van der Waals surface area (Å²) < 4.78 is 25.8. The first kappa shape index (κ1) is 22.0. The molecular weight excluding hydrogens is 410 g/mol. The van der Waals surface area contributed by atoms with Gasteiger partial charge in [-0.15, -0.1) is 0 Å². The quantitative estimate of drug-likeness (QED) is 0.535. The van der Waals surface area contributed by atoms with Crippen LogP contribution in [0.15, 0.2) is 18.2 Å². The lowest BCUT2D eigenvalue weighted by molar-refractivity contribution is -0.138. The van der Waals surface area contributed by atoms with Crippen LogP contribution in [-0.4, -0.2) is 60.0 Å². The maximum atomic E-state index is 12.4. The molecule has 4 amide bonds. The second-order valence-corrected chi connectivity index (χ2v) is 9.83. The number of hydrogen-bond acceptors (Lipinski definition) is 6. The first-order valence-corrected chi connectivity index (χ1v) is 11.5. The first-order chi connectivity index (χ1) is 14.1. The van der Waals surface area contributed by atoms with Gasteiger partial charge in [0.2, 0.25) is 10.0 Å². The van der Waals surface area contributed by atoms with Gasteiger partial charge in [-0.2, -0.15) is 9.31 Å². The Kier molecular flexibility index (Phi) is 6.04. The average molecular weight is 438 g/mol. The van der Waals surface area contributed by atoms with Gasteiger partial charge in [-0.25, -0.2) is 13.2 Å². The molecule has 0 spiro atoms. The SMILES string of the molecule is CCC1(C)NC(=O)N(NC(=O)CNc2cccc3c2CCN(S(=O)(=O)CC)C3)C1=O. The zero-order valence-electron chi connectivity index (χ0n) is 17.3. The summed E-state index contributed by atoms with van der Waals surface area (Å²) in [5, 5.41) is 6.31. The van der Waals surface area contributed by atoms with E-state index in [9.17, 15) is 22.8 Å². The molecule has 11 heteroatoms. The van der Waals surface area contributed by atoms with E-state index in [1.807, 2.05) is 12.1 Å². The number of sulfonamides is 1. The van der Waals surface area contributed by atoms with Crippen molar-refractivity contribution in [2.75, 3.05) is 24.2 Å². The van der Waals surface area contributed by atoms with Gasteiger partial charge >= 0.3 is 6.03 Å². The lowest BCUT2D eigenvalue weighted by atomic mass is 9.99. The van der Waals surface area contributed by atoms with E-state index < -0.39 is 33.4 Å². The molecule has 0 aliphatic carbocycles. The maximum Gasteiger partial charge on any atom is 0.344 e. The fourth-order valence-electron chi connectivity index (χ4n) is 3.53. The van der Waals surface area contributed by atoms with Gasteiger partial charge in [-0.05, 0) is 43.9 Å². The molecule has 3 rings (SSSR count). The van der Waals surface area contributed by atoms with E-state index in [0.29, 0.717) is 30.9 Å². The van der Waals surface area contributed by atoms with Crippen molar-refractivity contribution >= 4 is 33.6 Å². The lowest BCUT2D eigenvalue weighted by Crippen LogP contribution is -2.50. The summed E-state index contributed by atoms with van der Waals surface area (Å²) in [5.41, 5.74) is 3.88. The van der Waals surface area contributed by atoms with Crippen LogP contribution in [0.4, 0.5) is 10.5 Å². The fraction of sp³-hybridized carbons (Fsp3) is 0.526. The number of urea groups is 1.